The molecule has 0 aliphatic heterocycles. The molecule has 0 fully saturated rings. The van der Waals surface area contributed by atoms with E-state index in [1.165, 1.54) is 24.3 Å². The molecular weight excluding hydrogens is 406 g/mol. The number of nitrogens with zero attached hydrogens (tertiary/aromatic N) is 3. The van der Waals surface area contributed by atoms with Crippen molar-refractivity contribution in [1.29, 1.82) is 0 Å². The highest BCUT2D eigenvalue weighted by molar-refractivity contribution is 7.98. The Hall–Kier alpha value is -2.71. The molecule has 4 aromatic rings. The van der Waals surface area contributed by atoms with Gasteiger partial charge in [-0.15, -0.1) is 0 Å². The molecule has 9 heteroatoms. The number of hydrogen-bond donors (Lipinski definition) is 1. The largest absolute Gasteiger partial charge is 0.350 e. The third-order valence-electron chi connectivity index (χ3n) is 4.20. The molecule has 0 saturated carbocycles. The van der Waals surface area contributed by atoms with Crippen LogP contribution in [0.5, 0.6) is 0 Å². The van der Waals surface area contributed by atoms with Crippen molar-refractivity contribution in [1.82, 2.24) is 19.6 Å². The van der Waals surface area contributed by atoms with Crippen LogP contribution in [0.4, 0.5) is 8.78 Å². The van der Waals surface area contributed by atoms with E-state index in [1.54, 1.807) is 25.1 Å². The molecule has 0 spiro atoms. The molecule has 2 aromatic heterocycles. The minimum Gasteiger partial charge on any atom is -0.285 e. The van der Waals surface area contributed by atoms with Gasteiger partial charge in [0.05, 0.1) is 5.69 Å². The van der Waals surface area contributed by atoms with Gasteiger partial charge in [0.1, 0.15) is 11.6 Å². The molecule has 5 nitrogen and oxygen atoms in total. The highest BCUT2D eigenvalue weighted by Crippen LogP contribution is 2.29. The van der Waals surface area contributed by atoms with Gasteiger partial charge in [-0.1, -0.05) is 41.6 Å². The summed E-state index contributed by atoms with van der Waals surface area (Å²) in [7, 11) is 0. The molecule has 0 saturated heterocycles. The standard InChI is InChI=1S/C19H13ClF2N4OS/c1-10-16(11-5-7-12(21)8-6-11)17-23-18(24-19(27)26(17)25-10)28-9-13-14(20)3-2-4-15(13)22/h2-8H,9H2,1H3,(H,23,24,27). The van der Waals surface area contributed by atoms with E-state index in [-0.39, 0.29) is 11.6 Å². The summed E-state index contributed by atoms with van der Waals surface area (Å²) in [4.78, 5) is 19.5. The number of thioether (sulfide) groups is 1. The molecule has 0 unspecified atom stereocenters. The average Bonchev–Trinajstić information content (AvgIpc) is 2.99. The van der Waals surface area contributed by atoms with E-state index in [1.807, 2.05) is 0 Å². The maximum atomic E-state index is 14.0. The number of hydrogen-bond acceptors (Lipinski definition) is 4. The van der Waals surface area contributed by atoms with Crippen LogP contribution in [0.25, 0.3) is 16.8 Å². The van der Waals surface area contributed by atoms with Crippen LogP contribution in [-0.2, 0) is 5.75 Å². The number of halogens is 3. The van der Waals surface area contributed by atoms with Gasteiger partial charge >= 0.3 is 5.69 Å². The van der Waals surface area contributed by atoms with Crippen molar-refractivity contribution in [2.24, 2.45) is 0 Å². The molecular formula is C19H13ClF2N4OS. The summed E-state index contributed by atoms with van der Waals surface area (Å²) >= 11 is 7.21. The lowest BCUT2D eigenvalue weighted by Gasteiger charge is -2.06. The van der Waals surface area contributed by atoms with E-state index < -0.39 is 11.5 Å². The molecule has 1 N–H and O–H groups in total. The third kappa shape index (κ3) is 3.41. The van der Waals surface area contributed by atoms with E-state index in [0.29, 0.717) is 38.2 Å². The Bertz CT molecular complexity index is 1220. The number of benzene rings is 2. The molecule has 2 aromatic carbocycles. The van der Waals surface area contributed by atoms with Crippen LogP contribution in [0.15, 0.2) is 52.4 Å². The number of nitrogens with one attached hydrogen (secondary N) is 1. The summed E-state index contributed by atoms with van der Waals surface area (Å²) < 4.78 is 28.4. The second kappa shape index (κ2) is 7.37. The second-order valence-corrected chi connectivity index (χ2v) is 7.41. The SMILES string of the molecule is Cc1nn2c(=O)[nH]c(SCc3c(F)cccc3Cl)nc2c1-c1ccc(F)cc1. The van der Waals surface area contributed by atoms with Gasteiger partial charge in [0.2, 0.25) is 0 Å². The minimum absolute atomic E-state index is 0.198. The number of aromatic amines is 1. The van der Waals surface area contributed by atoms with Crippen molar-refractivity contribution >= 4 is 29.0 Å². The Morgan fingerprint density at radius 2 is 1.93 bits per heavy atom. The predicted octanol–water partition coefficient (Wildman–Crippen LogP) is 4.62. The predicted molar refractivity (Wildman–Crippen MR) is 105 cm³/mol. The summed E-state index contributed by atoms with van der Waals surface area (Å²) in [5, 5.41) is 4.84. The van der Waals surface area contributed by atoms with Crippen LogP contribution in [0, 0.1) is 18.6 Å². The maximum absolute atomic E-state index is 14.0. The van der Waals surface area contributed by atoms with Crippen LogP contribution in [0.3, 0.4) is 0 Å². The fourth-order valence-corrected chi connectivity index (χ4v) is 4.06. The van der Waals surface area contributed by atoms with Crippen LogP contribution < -0.4 is 5.69 Å². The Kier molecular flexibility index (Phi) is 4.91. The van der Waals surface area contributed by atoms with Gasteiger partial charge in [-0.05, 0) is 36.8 Å². The van der Waals surface area contributed by atoms with E-state index in [0.717, 1.165) is 16.3 Å². The molecule has 28 heavy (non-hydrogen) atoms. The summed E-state index contributed by atoms with van der Waals surface area (Å²) in [6, 6.07) is 10.3. The Balaban J connectivity index is 1.76. The van der Waals surface area contributed by atoms with E-state index >= 15 is 0 Å². The average molecular weight is 419 g/mol. The quantitative estimate of drug-likeness (QED) is 0.491. The van der Waals surface area contributed by atoms with Gasteiger partial charge in [-0.25, -0.2) is 18.6 Å². The normalized spacial score (nSPS) is 11.3. The van der Waals surface area contributed by atoms with Crippen LogP contribution in [-0.4, -0.2) is 19.6 Å². The number of H-pyrrole nitrogens is 1. The smallest absolute Gasteiger partial charge is 0.285 e. The van der Waals surface area contributed by atoms with Crippen LogP contribution in [0.1, 0.15) is 11.3 Å². The molecule has 142 valence electrons. The maximum Gasteiger partial charge on any atom is 0.350 e. The zero-order valence-electron chi connectivity index (χ0n) is 14.5. The lowest BCUT2D eigenvalue weighted by Crippen LogP contribution is -2.19. The summed E-state index contributed by atoms with van der Waals surface area (Å²) in [5.74, 6) is -0.582. The van der Waals surface area contributed by atoms with Gasteiger partial charge in [-0.2, -0.15) is 9.61 Å². The first-order valence-corrected chi connectivity index (χ1v) is 9.61. The Morgan fingerprint density at radius 3 is 2.64 bits per heavy atom. The zero-order chi connectivity index (χ0) is 19.8. The Labute approximate surface area is 167 Å². The first kappa shape index (κ1) is 18.6. The first-order chi connectivity index (χ1) is 13.4. The van der Waals surface area contributed by atoms with Crippen LogP contribution in [0.2, 0.25) is 5.02 Å². The summed E-state index contributed by atoms with van der Waals surface area (Å²) in [6.45, 7) is 1.75. The van der Waals surface area contributed by atoms with Crippen molar-refractivity contribution in [3.05, 3.63) is 80.9 Å². The molecule has 2 heterocycles. The van der Waals surface area contributed by atoms with Gasteiger partial charge < -0.3 is 0 Å². The summed E-state index contributed by atoms with van der Waals surface area (Å²) in [6.07, 6.45) is 0. The molecule has 0 amide bonds. The first-order valence-electron chi connectivity index (χ1n) is 8.25. The fourth-order valence-electron chi connectivity index (χ4n) is 2.86. The van der Waals surface area contributed by atoms with E-state index in [4.69, 9.17) is 11.6 Å². The van der Waals surface area contributed by atoms with Crippen LogP contribution >= 0.6 is 23.4 Å². The lowest BCUT2D eigenvalue weighted by atomic mass is 10.1. The van der Waals surface area contributed by atoms with E-state index in [9.17, 15) is 13.6 Å². The topological polar surface area (TPSA) is 63.1 Å². The minimum atomic E-state index is -0.469. The lowest BCUT2D eigenvalue weighted by molar-refractivity contribution is 0.617. The Morgan fingerprint density at radius 1 is 1.18 bits per heavy atom. The van der Waals surface area contributed by atoms with Crippen molar-refractivity contribution in [3.63, 3.8) is 0 Å². The molecule has 4 rings (SSSR count). The zero-order valence-corrected chi connectivity index (χ0v) is 16.1. The van der Waals surface area contributed by atoms with Gasteiger partial charge in [0.25, 0.3) is 0 Å². The second-order valence-electron chi connectivity index (χ2n) is 6.04. The fraction of sp³-hybridized carbons (Fsp3) is 0.105. The monoisotopic (exact) mass is 418 g/mol. The number of aromatic nitrogens is 4. The highest BCUT2D eigenvalue weighted by atomic mass is 35.5. The third-order valence-corrected chi connectivity index (χ3v) is 5.45. The van der Waals surface area contributed by atoms with Gasteiger partial charge in [0, 0.05) is 21.9 Å². The van der Waals surface area contributed by atoms with Crippen molar-refractivity contribution in [2.45, 2.75) is 17.8 Å². The van der Waals surface area contributed by atoms with Crippen molar-refractivity contribution < 1.29 is 8.78 Å². The van der Waals surface area contributed by atoms with Crippen molar-refractivity contribution in [2.75, 3.05) is 0 Å². The van der Waals surface area contributed by atoms with E-state index in [2.05, 4.69) is 15.1 Å². The molecule has 0 atom stereocenters. The molecule has 0 aliphatic rings. The van der Waals surface area contributed by atoms with Gasteiger partial charge in [-0.3, -0.25) is 4.98 Å². The van der Waals surface area contributed by atoms with Gasteiger partial charge in [0.15, 0.2) is 10.8 Å². The van der Waals surface area contributed by atoms with Crippen molar-refractivity contribution in [3.8, 4) is 11.1 Å². The number of aryl methyl sites for hydroxylation is 1. The molecule has 0 bridgehead atoms. The molecule has 0 radical (unpaired) electrons. The number of rotatable bonds is 4. The molecule has 0 aliphatic carbocycles. The highest BCUT2D eigenvalue weighted by Gasteiger charge is 2.17. The summed E-state index contributed by atoms with van der Waals surface area (Å²) in [5.41, 5.74) is 2.12. The number of fused-ring (bicyclic) bond motifs is 1.